The van der Waals surface area contributed by atoms with Gasteiger partial charge < -0.3 is 9.80 Å². The van der Waals surface area contributed by atoms with Gasteiger partial charge in [-0.2, -0.15) is 0 Å². The number of halogens is 1. The molecular weight excluding hydrogens is 349 g/mol. The third-order valence-electron chi connectivity index (χ3n) is 4.77. The summed E-state index contributed by atoms with van der Waals surface area (Å²) in [5, 5.41) is 0.699. The number of benzene rings is 1. The largest absolute Gasteiger partial charge is 0.337 e. The Hall–Kier alpha value is -1.79. The maximum absolute atomic E-state index is 13.5. The molecule has 140 valence electrons. The lowest BCUT2D eigenvalue weighted by Gasteiger charge is -2.21. The van der Waals surface area contributed by atoms with E-state index in [0.29, 0.717) is 9.88 Å². The zero-order chi connectivity index (χ0) is 18.5. The van der Waals surface area contributed by atoms with E-state index >= 15 is 0 Å². The summed E-state index contributed by atoms with van der Waals surface area (Å²) in [4.78, 5) is 22.6. The molecule has 0 saturated carbocycles. The van der Waals surface area contributed by atoms with Crippen molar-refractivity contribution in [1.29, 1.82) is 0 Å². The van der Waals surface area contributed by atoms with Crippen LogP contribution in [0.4, 0.5) is 4.39 Å². The zero-order valence-electron chi connectivity index (χ0n) is 15.5. The number of unbranched alkanes of at least 4 members (excludes halogenated alkanes) is 1. The Morgan fingerprint density at radius 1 is 1.27 bits per heavy atom. The average molecular weight is 376 g/mol. The lowest BCUT2D eigenvalue weighted by atomic mass is 10.2. The van der Waals surface area contributed by atoms with Crippen molar-refractivity contribution < 1.29 is 9.18 Å². The minimum absolute atomic E-state index is 0.0556. The third kappa shape index (κ3) is 4.48. The predicted octanol–water partition coefficient (Wildman–Crippen LogP) is 4.21. The Labute approximate surface area is 158 Å². The van der Waals surface area contributed by atoms with Gasteiger partial charge in [0.25, 0.3) is 5.91 Å². The van der Waals surface area contributed by atoms with E-state index in [9.17, 15) is 9.18 Å². The fourth-order valence-electron chi connectivity index (χ4n) is 3.26. The standard InChI is InChI=1S/C20H26FN3OS/c1-3-4-9-23-10-6-11-24(13-12-23)20(25)18-15(2)22-19(26-18)16-7-5-8-17(21)14-16/h5,7-8,14H,3-4,6,9-13H2,1-2H3. The first kappa shape index (κ1) is 19.0. The van der Waals surface area contributed by atoms with Crippen molar-refractivity contribution in [3.63, 3.8) is 0 Å². The summed E-state index contributed by atoms with van der Waals surface area (Å²) in [5.41, 5.74) is 1.45. The van der Waals surface area contributed by atoms with Crippen molar-refractivity contribution in [2.75, 3.05) is 32.7 Å². The van der Waals surface area contributed by atoms with Gasteiger partial charge in [0.2, 0.25) is 0 Å². The van der Waals surface area contributed by atoms with E-state index < -0.39 is 0 Å². The van der Waals surface area contributed by atoms with Gasteiger partial charge in [-0.15, -0.1) is 11.3 Å². The number of thiazole rings is 1. The lowest BCUT2D eigenvalue weighted by Crippen LogP contribution is -2.35. The van der Waals surface area contributed by atoms with E-state index in [1.54, 1.807) is 6.07 Å². The van der Waals surface area contributed by atoms with Crippen molar-refractivity contribution in [3.05, 3.63) is 40.7 Å². The summed E-state index contributed by atoms with van der Waals surface area (Å²) in [7, 11) is 0. The number of aryl methyl sites for hydroxylation is 1. The van der Waals surface area contributed by atoms with E-state index in [4.69, 9.17) is 0 Å². The lowest BCUT2D eigenvalue weighted by molar-refractivity contribution is 0.0765. The van der Waals surface area contributed by atoms with Crippen molar-refractivity contribution in [2.24, 2.45) is 0 Å². The molecule has 2 aromatic rings. The molecule has 1 aromatic heterocycles. The number of carbonyl (C=O) groups excluding carboxylic acids is 1. The summed E-state index contributed by atoms with van der Waals surface area (Å²) in [5.74, 6) is -0.233. The quantitative estimate of drug-likeness (QED) is 0.786. The van der Waals surface area contributed by atoms with Gasteiger partial charge in [-0.05, 0) is 45.0 Å². The van der Waals surface area contributed by atoms with E-state index in [2.05, 4.69) is 16.8 Å². The number of nitrogens with zero attached hydrogens (tertiary/aromatic N) is 3. The minimum Gasteiger partial charge on any atom is -0.337 e. The molecule has 0 unspecified atom stereocenters. The van der Waals surface area contributed by atoms with Crippen molar-refractivity contribution >= 4 is 17.2 Å². The number of amides is 1. The summed E-state index contributed by atoms with van der Waals surface area (Å²) in [6.45, 7) is 8.71. The first-order valence-electron chi connectivity index (χ1n) is 9.33. The highest BCUT2D eigenvalue weighted by atomic mass is 32.1. The van der Waals surface area contributed by atoms with Crippen LogP contribution < -0.4 is 0 Å². The molecule has 1 saturated heterocycles. The van der Waals surface area contributed by atoms with Crippen molar-refractivity contribution in [2.45, 2.75) is 33.1 Å². The van der Waals surface area contributed by atoms with Crippen LogP contribution in [0.25, 0.3) is 10.6 Å². The third-order valence-corrected chi connectivity index (χ3v) is 5.96. The molecule has 3 rings (SSSR count). The second-order valence-corrected chi connectivity index (χ2v) is 7.78. The topological polar surface area (TPSA) is 36.4 Å². The Bertz CT molecular complexity index is 761. The smallest absolute Gasteiger partial charge is 0.265 e. The van der Waals surface area contributed by atoms with Gasteiger partial charge in [0.1, 0.15) is 15.7 Å². The van der Waals surface area contributed by atoms with Crippen LogP contribution in [0.1, 0.15) is 41.6 Å². The van der Waals surface area contributed by atoms with Gasteiger partial charge in [-0.1, -0.05) is 25.5 Å². The fraction of sp³-hybridized carbons (Fsp3) is 0.500. The molecule has 0 N–H and O–H groups in total. The minimum atomic E-state index is -0.289. The van der Waals surface area contributed by atoms with Crippen LogP contribution in [0.3, 0.4) is 0 Å². The van der Waals surface area contributed by atoms with Gasteiger partial charge in [0.15, 0.2) is 0 Å². The normalized spacial score (nSPS) is 15.9. The van der Waals surface area contributed by atoms with Crippen LogP contribution in [0.5, 0.6) is 0 Å². The van der Waals surface area contributed by atoms with Gasteiger partial charge in [0, 0.05) is 25.2 Å². The van der Waals surface area contributed by atoms with E-state index in [1.165, 1.54) is 36.3 Å². The molecule has 2 heterocycles. The number of aromatic nitrogens is 1. The molecular formula is C20H26FN3OS. The van der Waals surface area contributed by atoms with Crippen LogP contribution in [-0.2, 0) is 0 Å². The average Bonchev–Trinajstić information content (AvgIpc) is 2.87. The monoisotopic (exact) mass is 375 g/mol. The molecule has 0 radical (unpaired) electrons. The summed E-state index contributed by atoms with van der Waals surface area (Å²) >= 11 is 1.36. The second-order valence-electron chi connectivity index (χ2n) is 6.78. The highest BCUT2D eigenvalue weighted by molar-refractivity contribution is 7.17. The molecule has 1 aromatic carbocycles. The molecule has 0 aliphatic carbocycles. The zero-order valence-corrected chi connectivity index (χ0v) is 16.3. The first-order chi connectivity index (χ1) is 12.6. The molecule has 6 heteroatoms. The number of hydrogen-bond donors (Lipinski definition) is 0. The molecule has 1 aliphatic heterocycles. The Morgan fingerprint density at radius 2 is 2.12 bits per heavy atom. The summed E-state index contributed by atoms with van der Waals surface area (Å²) in [6, 6.07) is 6.37. The maximum atomic E-state index is 13.5. The Balaban J connectivity index is 1.72. The van der Waals surface area contributed by atoms with Crippen LogP contribution in [0.2, 0.25) is 0 Å². The van der Waals surface area contributed by atoms with Crippen LogP contribution in [-0.4, -0.2) is 53.4 Å². The molecule has 0 atom stereocenters. The molecule has 1 aliphatic rings. The first-order valence-corrected chi connectivity index (χ1v) is 10.1. The maximum Gasteiger partial charge on any atom is 0.265 e. The van der Waals surface area contributed by atoms with E-state index in [1.807, 2.05) is 17.9 Å². The number of hydrogen-bond acceptors (Lipinski definition) is 4. The Morgan fingerprint density at radius 3 is 2.88 bits per heavy atom. The Kier molecular flexibility index (Phi) is 6.38. The highest BCUT2D eigenvalue weighted by Crippen LogP contribution is 2.29. The SMILES string of the molecule is CCCCN1CCCN(C(=O)c2sc(-c3cccc(F)c3)nc2C)CC1. The van der Waals surface area contributed by atoms with E-state index in [0.717, 1.165) is 50.4 Å². The second kappa shape index (κ2) is 8.73. The highest BCUT2D eigenvalue weighted by Gasteiger charge is 2.24. The number of carbonyl (C=O) groups is 1. The summed E-state index contributed by atoms with van der Waals surface area (Å²) < 4.78 is 13.5. The van der Waals surface area contributed by atoms with E-state index in [-0.39, 0.29) is 11.7 Å². The number of rotatable bonds is 5. The van der Waals surface area contributed by atoms with Gasteiger partial charge >= 0.3 is 0 Å². The molecule has 1 fully saturated rings. The molecule has 4 nitrogen and oxygen atoms in total. The van der Waals surface area contributed by atoms with Gasteiger partial charge in [0.05, 0.1) is 5.69 Å². The van der Waals surface area contributed by atoms with Crippen LogP contribution >= 0.6 is 11.3 Å². The van der Waals surface area contributed by atoms with Crippen LogP contribution in [0.15, 0.2) is 24.3 Å². The molecule has 1 amide bonds. The van der Waals surface area contributed by atoms with Gasteiger partial charge in [-0.3, -0.25) is 4.79 Å². The predicted molar refractivity (Wildman–Crippen MR) is 104 cm³/mol. The van der Waals surface area contributed by atoms with Crippen molar-refractivity contribution in [3.8, 4) is 10.6 Å². The molecule has 0 bridgehead atoms. The molecule has 26 heavy (non-hydrogen) atoms. The van der Waals surface area contributed by atoms with Gasteiger partial charge in [-0.25, -0.2) is 9.37 Å². The van der Waals surface area contributed by atoms with Crippen LogP contribution in [0, 0.1) is 12.7 Å². The van der Waals surface area contributed by atoms with Crippen molar-refractivity contribution in [1.82, 2.24) is 14.8 Å². The molecule has 0 spiro atoms. The summed E-state index contributed by atoms with van der Waals surface area (Å²) in [6.07, 6.45) is 3.41. The fourth-order valence-corrected chi connectivity index (χ4v) is 4.29.